The fraction of sp³-hybridized carbons (Fsp3) is 0.111. The molecule has 3 aromatic rings. The van der Waals surface area contributed by atoms with E-state index in [0.717, 1.165) is 5.56 Å². The Balaban J connectivity index is 1.81. The number of rotatable bonds is 6. The average Bonchev–Trinajstić information content (AvgIpc) is 3.05. The van der Waals surface area contributed by atoms with Crippen molar-refractivity contribution in [3.63, 3.8) is 0 Å². The number of benzene rings is 2. The van der Waals surface area contributed by atoms with E-state index in [1.165, 1.54) is 13.2 Å². The van der Waals surface area contributed by atoms with E-state index in [1.807, 2.05) is 6.07 Å². The first kappa shape index (κ1) is 17.9. The number of nitrogens with zero attached hydrogens (tertiary/aromatic N) is 2. The van der Waals surface area contributed by atoms with Crippen molar-refractivity contribution in [3.05, 3.63) is 63.7 Å². The third-order valence-electron chi connectivity index (χ3n) is 3.46. The van der Waals surface area contributed by atoms with Gasteiger partial charge in [0.05, 0.1) is 11.6 Å². The highest BCUT2D eigenvalue weighted by molar-refractivity contribution is 9.10. The van der Waals surface area contributed by atoms with Crippen molar-refractivity contribution < 1.29 is 18.3 Å². The number of methoxy groups -OCH3 is 1. The van der Waals surface area contributed by atoms with Crippen molar-refractivity contribution in [2.24, 2.45) is 0 Å². The number of anilines is 1. The summed E-state index contributed by atoms with van der Waals surface area (Å²) in [5.41, 5.74) is 6.65. The van der Waals surface area contributed by atoms with Gasteiger partial charge in [-0.2, -0.15) is 0 Å². The van der Waals surface area contributed by atoms with Crippen LogP contribution in [0.5, 0.6) is 11.5 Å². The van der Waals surface area contributed by atoms with Gasteiger partial charge in [0.15, 0.2) is 11.5 Å². The molecule has 26 heavy (non-hydrogen) atoms. The second-order valence-corrected chi connectivity index (χ2v) is 6.08. The fourth-order valence-corrected chi connectivity index (χ4v) is 2.80. The molecule has 0 amide bonds. The Bertz CT molecular complexity index is 943. The number of nitrogens with two attached hydrogens (primary N) is 1. The molecular formula is C18H15BrFN3O3. The summed E-state index contributed by atoms with van der Waals surface area (Å²) >= 11 is 3.46. The van der Waals surface area contributed by atoms with Crippen molar-refractivity contribution in [2.45, 2.75) is 6.61 Å². The molecule has 0 radical (unpaired) electrons. The van der Waals surface area contributed by atoms with E-state index in [1.54, 1.807) is 36.4 Å². The minimum absolute atomic E-state index is 0.000281. The Morgan fingerprint density at radius 1 is 1.23 bits per heavy atom. The van der Waals surface area contributed by atoms with Crippen LogP contribution >= 0.6 is 15.9 Å². The van der Waals surface area contributed by atoms with Gasteiger partial charge in [-0.1, -0.05) is 23.3 Å². The van der Waals surface area contributed by atoms with Gasteiger partial charge >= 0.3 is 6.01 Å². The van der Waals surface area contributed by atoms with Gasteiger partial charge in [-0.3, -0.25) is 0 Å². The lowest BCUT2D eigenvalue weighted by Gasteiger charge is -2.14. The molecular weight excluding hydrogens is 405 g/mol. The first-order chi connectivity index (χ1) is 12.6. The van der Waals surface area contributed by atoms with E-state index in [4.69, 9.17) is 19.6 Å². The summed E-state index contributed by atoms with van der Waals surface area (Å²) in [5, 5.41) is 7.33. The minimum atomic E-state index is -0.319. The molecule has 2 aromatic carbocycles. The smallest absolute Gasteiger partial charge is 0.313 e. The van der Waals surface area contributed by atoms with Crippen LogP contribution in [0.25, 0.3) is 12.2 Å². The Hall–Kier alpha value is -2.87. The van der Waals surface area contributed by atoms with Crippen LogP contribution < -0.4 is 15.2 Å². The van der Waals surface area contributed by atoms with E-state index in [9.17, 15) is 4.39 Å². The first-order valence-corrected chi connectivity index (χ1v) is 8.37. The summed E-state index contributed by atoms with van der Waals surface area (Å²) in [6.45, 7) is 0.0814. The molecule has 1 aromatic heterocycles. The molecule has 0 saturated heterocycles. The summed E-state index contributed by atoms with van der Waals surface area (Å²) < 4.78 is 30.6. The molecule has 0 unspecified atom stereocenters. The van der Waals surface area contributed by atoms with E-state index < -0.39 is 0 Å². The molecule has 0 aliphatic heterocycles. The quantitative estimate of drug-likeness (QED) is 0.640. The summed E-state index contributed by atoms with van der Waals surface area (Å²) in [4.78, 5) is 0. The molecule has 8 heteroatoms. The molecule has 0 spiro atoms. The van der Waals surface area contributed by atoms with Crippen LogP contribution in [-0.2, 0) is 6.61 Å². The van der Waals surface area contributed by atoms with Gasteiger partial charge in [0.2, 0.25) is 5.89 Å². The molecule has 1 heterocycles. The van der Waals surface area contributed by atoms with Gasteiger partial charge in [-0.05, 0) is 45.8 Å². The lowest BCUT2D eigenvalue weighted by atomic mass is 10.2. The summed E-state index contributed by atoms with van der Waals surface area (Å²) in [7, 11) is 1.53. The Morgan fingerprint density at radius 2 is 2.04 bits per heavy atom. The van der Waals surface area contributed by atoms with Crippen molar-refractivity contribution in [2.75, 3.05) is 12.8 Å². The normalized spacial score (nSPS) is 11.0. The molecule has 3 rings (SSSR count). The molecule has 0 fully saturated rings. The van der Waals surface area contributed by atoms with Gasteiger partial charge in [0.25, 0.3) is 0 Å². The Labute approximate surface area is 157 Å². The molecule has 134 valence electrons. The number of halogens is 2. The molecule has 6 nitrogen and oxygen atoms in total. The summed E-state index contributed by atoms with van der Waals surface area (Å²) in [6, 6.07) is 10.1. The molecule has 0 aliphatic carbocycles. The van der Waals surface area contributed by atoms with Crippen LogP contribution in [0.2, 0.25) is 0 Å². The maximum absolute atomic E-state index is 13.7. The SMILES string of the molecule is COc1cc(/C=C/c2nnc(N)o2)cc(Br)c1OCc1ccccc1F. The van der Waals surface area contributed by atoms with Crippen molar-refractivity contribution in [1.29, 1.82) is 0 Å². The largest absolute Gasteiger partial charge is 0.493 e. The Kier molecular flexibility index (Phi) is 5.52. The van der Waals surface area contributed by atoms with E-state index in [-0.39, 0.29) is 24.3 Å². The first-order valence-electron chi connectivity index (χ1n) is 7.57. The van der Waals surface area contributed by atoms with Gasteiger partial charge in [0.1, 0.15) is 12.4 Å². The van der Waals surface area contributed by atoms with Crippen LogP contribution in [-0.4, -0.2) is 17.3 Å². The van der Waals surface area contributed by atoms with Crippen molar-refractivity contribution in [1.82, 2.24) is 10.2 Å². The Morgan fingerprint density at radius 3 is 2.73 bits per heavy atom. The zero-order valence-corrected chi connectivity index (χ0v) is 15.4. The fourth-order valence-electron chi connectivity index (χ4n) is 2.22. The highest BCUT2D eigenvalue weighted by Crippen LogP contribution is 2.37. The molecule has 0 atom stereocenters. The number of nitrogen functional groups attached to an aromatic ring is 1. The minimum Gasteiger partial charge on any atom is -0.493 e. The number of hydrogen-bond donors (Lipinski definition) is 1. The topological polar surface area (TPSA) is 83.4 Å². The maximum Gasteiger partial charge on any atom is 0.313 e. The third-order valence-corrected chi connectivity index (χ3v) is 4.05. The second-order valence-electron chi connectivity index (χ2n) is 5.23. The third kappa shape index (κ3) is 4.20. The predicted molar refractivity (Wildman–Crippen MR) is 99.1 cm³/mol. The average molecular weight is 420 g/mol. The molecule has 2 N–H and O–H groups in total. The van der Waals surface area contributed by atoms with Crippen LogP contribution in [0.3, 0.4) is 0 Å². The van der Waals surface area contributed by atoms with E-state index in [2.05, 4.69) is 26.1 Å². The monoisotopic (exact) mass is 419 g/mol. The van der Waals surface area contributed by atoms with Crippen LogP contribution in [0, 0.1) is 5.82 Å². The lowest BCUT2D eigenvalue weighted by Crippen LogP contribution is -2.01. The van der Waals surface area contributed by atoms with E-state index >= 15 is 0 Å². The van der Waals surface area contributed by atoms with Crippen LogP contribution in [0.4, 0.5) is 10.4 Å². The number of ether oxygens (including phenoxy) is 2. The predicted octanol–water partition coefficient (Wildman–Crippen LogP) is 4.31. The second kappa shape index (κ2) is 8.01. The zero-order valence-electron chi connectivity index (χ0n) is 13.8. The lowest BCUT2D eigenvalue weighted by molar-refractivity contribution is 0.278. The van der Waals surface area contributed by atoms with Gasteiger partial charge in [0, 0.05) is 11.6 Å². The van der Waals surface area contributed by atoms with Gasteiger partial charge in [-0.15, -0.1) is 5.10 Å². The summed E-state index contributed by atoms with van der Waals surface area (Å²) in [6.07, 6.45) is 3.39. The van der Waals surface area contributed by atoms with Gasteiger partial charge in [-0.25, -0.2) is 4.39 Å². The maximum atomic E-state index is 13.7. The number of aromatic nitrogens is 2. The number of hydrogen-bond acceptors (Lipinski definition) is 6. The molecule has 0 saturated carbocycles. The highest BCUT2D eigenvalue weighted by atomic mass is 79.9. The van der Waals surface area contributed by atoms with Gasteiger partial charge < -0.3 is 19.6 Å². The van der Waals surface area contributed by atoms with Crippen molar-refractivity contribution >= 4 is 34.1 Å². The summed E-state index contributed by atoms with van der Waals surface area (Å²) in [5.74, 6) is 0.953. The van der Waals surface area contributed by atoms with Crippen molar-refractivity contribution in [3.8, 4) is 11.5 Å². The van der Waals surface area contributed by atoms with Crippen LogP contribution in [0.1, 0.15) is 17.0 Å². The van der Waals surface area contributed by atoms with E-state index in [0.29, 0.717) is 21.5 Å². The zero-order chi connectivity index (χ0) is 18.5. The molecule has 0 bridgehead atoms. The highest BCUT2D eigenvalue weighted by Gasteiger charge is 2.12. The standard InChI is InChI=1S/C18H15BrFN3O3/c1-24-15-9-11(6-7-16-22-23-18(21)26-16)8-13(19)17(15)25-10-12-4-2-3-5-14(12)20/h2-9H,10H2,1H3,(H2,21,23)/b7-6+. The molecule has 0 aliphatic rings. The van der Waals surface area contributed by atoms with Crippen LogP contribution in [0.15, 0.2) is 45.3 Å².